The van der Waals surface area contributed by atoms with Gasteiger partial charge in [-0.2, -0.15) is 0 Å². The number of oxime groups is 1. The first kappa shape index (κ1) is 15.1. The van der Waals surface area contributed by atoms with Gasteiger partial charge in [0.2, 0.25) is 0 Å². The van der Waals surface area contributed by atoms with Gasteiger partial charge in [-0.15, -0.1) is 11.3 Å². The van der Waals surface area contributed by atoms with E-state index in [4.69, 9.17) is 4.84 Å². The van der Waals surface area contributed by atoms with Crippen LogP contribution in [0.2, 0.25) is 0 Å². The Balaban J connectivity index is 1.30. The summed E-state index contributed by atoms with van der Waals surface area (Å²) in [6, 6.07) is 0. The fourth-order valence-corrected chi connectivity index (χ4v) is 3.90. The molecule has 1 atom stereocenters. The van der Waals surface area contributed by atoms with Gasteiger partial charge in [-0.25, -0.2) is 4.98 Å². The van der Waals surface area contributed by atoms with Crippen LogP contribution in [0.25, 0.3) is 0 Å². The first-order chi connectivity index (χ1) is 11.1. The zero-order valence-corrected chi connectivity index (χ0v) is 14.2. The standard InChI is InChI=1S/C16H22N4O2S/c1-11-18-13(9-23-11)8-20-5-4-16(10-20)6-14(19-22-16)15(21)17-7-12-2-3-12/h9,12H,2-8,10H2,1H3,(H,17,21). The molecule has 0 bridgehead atoms. The van der Waals surface area contributed by atoms with Crippen molar-refractivity contribution in [2.45, 2.75) is 44.8 Å². The van der Waals surface area contributed by atoms with Gasteiger partial charge >= 0.3 is 0 Å². The fourth-order valence-electron chi connectivity index (χ4n) is 3.30. The number of amides is 1. The second kappa shape index (κ2) is 5.87. The van der Waals surface area contributed by atoms with Crippen LogP contribution in [0.15, 0.2) is 10.5 Å². The molecule has 1 amide bonds. The Hall–Kier alpha value is -1.47. The molecule has 1 aromatic heterocycles. The molecule has 0 aromatic carbocycles. The predicted octanol–water partition coefficient (Wildman–Crippen LogP) is 1.70. The van der Waals surface area contributed by atoms with E-state index in [1.807, 2.05) is 6.92 Å². The van der Waals surface area contributed by atoms with Crippen molar-refractivity contribution in [2.24, 2.45) is 11.1 Å². The lowest BCUT2D eigenvalue weighted by Crippen LogP contribution is -2.37. The van der Waals surface area contributed by atoms with E-state index in [2.05, 4.69) is 25.7 Å². The minimum absolute atomic E-state index is 0.0534. The van der Waals surface area contributed by atoms with E-state index >= 15 is 0 Å². The summed E-state index contributed by atoms with van der Waals surface area (Å²) in [5.74, 6) is 0.627. The highest BCUT2D eigenvalue weighted by molar-refractivity contribution is 7.09. The number of hydrogen-bond acceptors (Lipinski definition) is 6. The molecule has 4 rings (SSSR count). The van der Waals surface area contributed by atoms with Crippen LogP contribution in [0.1, 0.15) is 36.4 Å². The van der Waals surface area contributed by atoms with Gasteiger partial charge in [-0.1, -0.05) is 5.16 Å². The van der Waals surface area contributed by atoms with Gasteiger partial charge in [-0.05, 0) is 25.7 Å². The molecule has 2 aliphatic heterocycles. The number of carbonyl (C=O) groups is 1. The molecule has 1 N–H and O–H groups in total. The van der Waals surface area contributed by atoms with Crippen LogP contribution in [0.5, 0.6) is 0 Å². The van der Waals surface area contributed by atoms with Crippen molar-refractivity contribution in [2.75, 3.05) is 19.6 Å². The average Bonchev–Trinajstić information content (AvgIpc) is 2.93. The number of nitrogens with one attached hydrogen (secondary N) is 1. The largest absolute Gasteiger partial charge is 0.387 e. The highest BCUT2D eigenvalue weighted by Crippen LogP contribution is 2.34. The maximum Gasteiger partial charge on any atom is 0.269 e. The monoisotopic (exact) mass is 334 g/mol. The van der Waals surface area contributed by atoms with E-state index in [1.165, 1.54) is 12.8 Å². The Kier molecular flexibility index (Phi) is 3.85. The Morgan fingerprint density at radius 1 is 1.57 bits per heavy atom. The van der Waals surface area contributed by atoms with Gasteiger partial charge in [-0.3, -0.25) is 9.69 Å². The summed E-state index contributed by atoms with van der Waals surface area (Å²) in [4.78, 5) is 24.7. The van der Waals surface area contributed by atoms with Crippen LogP contribution in [-0.2, 0) is 16.2 Å². The highest BCUT2D eigenvalue weighted by atomic mass is 32.1. The zero-order valence-electron chi connectivity index (χ0n) is 13.4. The lowest BCUT2D eigenvalue weighted by molar-refractivity contribution is -0.115. The number of likely N-dealkylation sites (tertiary alicyclic amines) is 1. The SMILES string of the molecule is Cc1nc(CN2CCC3(CC(C(=O)NCC4CC4)=NO3)C2)cs1. The van der Waals surface area contributed by atoms with Crippen LogP contribution >= 0.6 is 11.3 Å². The van der Waals surface area contributed by atoms with E-state index in [0.717, 1.165) is 43.3 Å². The van der Waals surface area contributed by atoms with Gasteiger partial charge < -0.3 is 10.2 Å². The highest BCUT2D eigenvalue weighted by Gasteiger charge is 2.46. The molecule has 2 fully saturated rings. The van der Waals surface area contributed by atoms with Gasteiger partial charge in [0.15, 0.2) is 5.60 Å². The number of nitrogens with zero attached hydrogens (tertiary/aromatic N) is 3. The topological polar surface area (TPSA) is 66.8 Å². The van der Waals surface area contributed by atoms with Gasteiger partial charge in [0.25, 0.3) is 5.91 Å². The lowest BCUT2D eigenvalue weighted by atomic mass is 9.96. The summed E-state index contributed by atoms with van der Waals surface area (Å²) in [6.07, 6.45) is 4.01. The van der Waals surface area contributed by atoms with Crippen LogP contribution in [0, 0.1) is 12.8 Å². The van der Waals surface area contributed by atoms with Crippen molar-refractivity contribution in [3.05, 3.63) is 16.1 Å². The Morgan fingerprint density at radius 2 is 2.43 bits per heavy atom. The van der Waals surface area contributed by atoms with E-state index in [-0.39, 0.29) is 11.5 Å². The van der Waals surface area contributed by atoms with Crippen LogP contribution in [0.3, 0.4) is 0 Å². The Bertz CT molecular complexity index is 640. The molecule has 1 saturated heterocycles. The fraction of sp³-hybridized carbons (Fsp3) is 0.688. The van der Waals surface area contributed by atoms with E-state index in [9.17, 15) is 4.79 Å². The lowest BCUT2D eigenvalue weighted by Gasteiger charge is -2.21. The molecule has 7 heteroatoms. The molecule has 1 saturated carbocycles. The third-order valence-corrected chi connectivity index (χ3v) is 5.62. The second-order valence-electron chi connectivity index (χ2n) is 6.96. The predicted molar refractivity (Wildman–Crippen MR) is 88.3 cm³/mol. The molecule has 1 aliphatic carbocycles. The normalized spacial score (nSPS) is 27.3. The molecular weight excluding hydrogens is 312 g/mol. The number of aromatic nitrogens is 1. The number of thiazole rings is 1. The number of carbonyl (C=O) groups excluding carboxylic acids is 1. The van der Waals surface area contributed by atoms with Gasteiger partial charge in [0.1, 0.15) is 5.71 Å². The number of hydrogen-bond donors (Lipinski definition) is 1. The minimum atomic E-state index is -0.308. The number of aryl methyl sites for hydroxylation is 1. The summed E-state index contributed by atoms with van der Waals surface area (Å²) in [6.45, 7) is 5.43. The van der Waals surface area contributed by atoms with Crippen molar-refractivity contribution in [1.29, 1.82) is 0 Å². The van der Waals surface area contributed by atoms with Gasteiger partial charge in [0, 0.05) is 44.4 Å². The quantitative estimate of drug-likeness (QED) is 0.890. The molecule has 0 radical (unpaired) electrons. The summed E-state index contributed by atoms with van der Waals surface area (Å²) in [5, 5.41) is 10.3. The molecule has 6 nitrogen and oxygen atoms in total. The first-order valence-electron chi connectivity index (χ1n) is 8.28. The average molecular weight is 334 g/mol. The molecule has 1 spiro atoms. The first-order valence-corrected chi connectivity index (χ1v) is 9.16. The maximum atomic E-state index is 12.1. The third kappa shape index (κ3) is 3.40. The van der Waals surface area contributed by atoms with E-state index < -0.39 is 0 Å². The second-order valence-corrected chi connectivity index (χ2v) is 8.02. The van der Waals surface area contributed by atoms with E-state index in [1.54, 1.807) is 11.3 Å². The maximum absolute atomic E-state index is 12.1. The van der Waals surface area contributed by atoms with E-state index in [0.29, 0.717) is 18.1 Å². The van der Waals surface area contributed by atoms with Crippen molar-refractivity contribution in [3.8, 4) is 0 Å². The summed E-state index contributed by atoms with van der Waals surface area (Å²) < 4.78 is 0. The number of rotatable bonds is 5. The molecule has 3 heterocycles. The van der Waals surface area contributed by atoms with Crippen molar-refractivity contribution in [3.63, 3.8) is 0 Å². The molecule has 3 aliphatic rings. The molecule has 23 heavy (non-hydrogen) atoms. The smallest absolute Gasteiger partial charge is 0.269 e. The summed E-state index contributed by atoms with van der Waals surface area (Å²) >= 11 is 1.68. The van der Waals surface area contributed by atoms with Gasteiger partial charge in [0.05, 0.1) is 10.7 Å². The van der Waals surface area contributed by atoms with Crippen LogP contribution < -0.4 is 5.32 Å². The Labute approximate surface area is 139 Å². The molecule has 1 aromatic rings. The summed E-state index contributed by atoms with van der Waals surface area (Å²) in [7, 11) is 0. The van der Waals surface area contributed by atoms with Crippen molar-refractivity contribution >= 4 is 23.0 Å². The molecule has 1 unspecified atom stereocenters. The summed E-state index contributed by atoms with van der Waals surface area (Å²) in [5.41, 5.74) is 1.36. The minimum Gasteiger partial charge on any atom is -0.387 e. The zero-order chi connectivity index (χ0) is 15.9. The molecule has 124 valence electrons. The Morgan fingerprint density at radius 3 is 3.17 bits per heavy atom. The van der Waals surface area contributed by atoms with Crippen molar-refractivity contribution < 1.29 is 9.63 Å². The van der Waals surface area contributed by atoms with Crippen molar-refractivity contribution in [1.82, 2.24) is 15.2 Å². The van der Waals surface area contributed by atoms with Crippen LogP contribution in [0.4, 0.5) is 0 Å². The third-order valence-electron chi connectivity index (χ3n) is 4.80. The molecular formula is C16H22N4O2S. The van der Waals surface area contributed by atoms with Crippen LogP contribution in [-0.4, -0.2) is 46.7 Å².